The van der Waals surface area contributed by atoms with Crippen LogP contribution in [0.15, 0.2) is 42.9 Å². The molecule has 1 aromatic heterocycles. The monoisotopic (exact) mass is 315 g/mol. The van der Waals surface area contributed by atoms with Gasteiger partial charge in [-0.3, -0.25) is 4.79 Å². The summed E-state index contributed by atoms with van der Waals surface area (Å²) in [4.78, 5) is 21.1. The number of carbonyl (C=O) groups excluding carboxylic acids is 1. The Kier molecular flexibility index (Phi) is 4.62. The van der Waals surface area contributed by atoms with Crippen LogP contribution in [0.3, 0.4) is 0 Å². The molecule has 1 N–H and O–H groups in total. The molecule has 122 valence electrons. The fourth-order valence-electron chi connectivity index (χ4n) is 2.79. The van der Waals surface area contributed by atoms with Crippen molar-refractivity contribution in [1.82, 2.24) is 14.9 Å². The van der Waals surface area contributed by atoms with Crippen molar-refractivity contribution in [3.05, 3.63) is 48.5 Å². The molecule has 6 nitrogen and oxygen atoms in total. The van der Waals surface area contributed by atoms with Crippen LogP contribution < -0.4 is 4.74 Å². The van der Waals surface area contributed by atoms with Gasteiger partial charge in [-0.1, -0.05) is 18.2 Å². The van der Waals surface area contributed by atoms with Crippen molar-refractivity contribution in [2.45, 2.75) is 18.4 Å². The highest BCUT2D eigenvalue weighted by Crippen LogP contribution is 2.26. The first-order chi connectivity index (χ1) is 11.2. The van der Waals surface area contributed by atoms with Gasteiger partial charge in [0.1, 0.15) is 18.0 Å². The Morgan fingerprint density at radius 3 is 2.91 bits per heavy atom. The number of ether oxygens (including phenoxy) is 2. The van der Waals surface area contributed by atoms with Gasteiger partial charge in [-0.2, -0.15) is 0 Å². The van der Waals surface area contributed by atoms with Gasteiger partial charge in [0.2, 0.25) is 5.91 Å². The van der Waals surface area contributed by atoms with Crippen LogP contribution in [0.4, 0.5) is 0 Å². The summed E-state index contributed by atoms with van der Waals surface area (Å²) in [6.07, 6.45) is 4.36. The summed E-state index contributed by atoms with van der Waals surface area (Å²) < 4.78 is 11.5. The molecule has 0 spiro atoms. The summed E-state index contributed by atoms with van der Waals surface area (Å²) in [5.41, 5.74) is 0.380. The second-order valence-electron chi connectivity index (χ2n) is 5.81. The highest BCUT2D eigenvalue weighted by molar-refractivity contribution is 5.78. The first-order valence-electron chi connectivity index (χ1n) is 7.69. The molecule has 1 fully saturated rings. The number of imidazole rings is 1. The molecule has 0 radical (unpaired) electrons. The molecule has 2 aromatic rings. The van der Waals surface area contributed by atoms with Crippen LogP contribution >= 0.6 is 0 Å². The van der Waals surface area contributed by atoms with E-state index in [1.54, 1.807) is 19.6 Å². The molecule has 2 heterocycles. The molecule has 1 aromatic carbocycles. The lowest BCUT2D eigenvalue weighted by atomic mass is 10.0. The summed E-state index contributed by atoms with van der Waals surface area (Å²) in [6.45, 7) is 1.66. The van der Waals surface area contributed by atoms with Gasteiger partial charge in [0.05, 0.1) is 19.3 Å². The molecule has 3 rings (SSSR count). The van der Waals surface area contributed by atoms with Crippen molar-refractivity contribution >= 4 is 5.91 Å². The van der Waals surface area contributed by atoms with Gasteiger partial charge in [0, 0.05) is 25.5 Å². The zero-order chi connectivity index (χ0) is 16.1. The van der Waals surface area contributed by atoms with Gasteiger partial charge in [0.15, 0.2) is 0 Å². The maximum atomic E-state index is 12.4. The van der Waals surface area contributed by atoms with E-state index in [-0.39, 0.29) is 5.91 Å². The zero-order valence-electron chi connectivity index (χ0n) is 13.2. The number of carbonyl (C=O) groups is 1. The molecule has 1 saturated heterocycles. The van der Waals surface area contributed by atoms with Crippen molar-refractivity contribution in [3.8, 4) is 5.75 Å². The minimum absolute atomic E-state index is 0.0767. The van der Waals surface area contributed by atoms with Crippen molar-refractivity contribution in [2.24, 2.45) is 0 Å². The Morgan fingerprint density at radius 1 is 1.39 bits per heavy atom. The molecule has 0 saturated carbocycles. The van der Waals surface area contributed by atoms with Crippen molar-refractivity contribution in [3.63, 3.8) is 0 Å². The van der Waals surface area contributed by atoms with Gasteiger partial charge in [-0.25, -0.2) is 4.98 Å². The Bertz CT molecular complexity index is 630. The Morgan fingerprint density at radius 2 is 2.22 bits per heavy atom. The smallest absolute Gasteiger partial charge is 0.228 e. The Balaban J connectivity index is 1.58. The highest BCUT2D eigenvalue weighted by Gasteiger charge is 2.41. The summed E-state index contributed by atoms with van der Waals surface area (Å²) in [6, 6.07) is 9.65. The number of hydrogen-bond acceptors (Lipinski definition) is 4. The number of H-pyrrole nitrogens is 1. The van der Waals surface area contributed by atoms with E-state index in [4.69, 9.17) is 9.47 Å². The summed E-state index contributed by atoms with van der Waals surface area (Å²) >= 11 is 0. The number of methoxy groups -OCH3 is 1. The molecular weight excluding hydrogens is 294 g/mol. The quantitative estimate of drug-likeness (QED) is 0.880. The Labute approximate surface area is 135 Å². The number of amides is 1. The molecule has 1 aliphatic rings. The molecule has 6 heteroatoms. The second kappa shape index (κ2) is 6.83. The van der Waals surface area contributed by atoms with Crippen molar-refractivity contribution < 1.29 is 14.3 Å². The maximum Gasteiger partial charge on any atom is 0.228 e. The lowest BCUT2D eigenvalue weighted by Gasteiger charge is -2.27. The number of nitrogens with zero attached hydrogens (tertiary/aromatic N) is 2. The third-order valence-corrected chi connectivity index (χ3v) is 4.24. The number of aromatic nitrogens is 2. The number of para-hydroxylation sites is 1. The van der Waals surface area contributed by atoms with E-state index in [1.807, 2.05) is 35.2 Å². The van der Waals surface area contributed by atoms with Crippen LogP contribution in [-0.2, 0) is 16.0 Å². The maximum absolute atomic E-state index is 12.4. The van der Waals surface area contributed by atoms with E-state index < -0.39 is 5.60 Å². The average molecular weight is 315 g/mol. The molecule has 23 heavy (non-hydrogen) atoms. The van der Waals surface area contributed by atoms with E-state index >= 15 is 0 Å². The number of rotatable bonds is 6. The molecule has 0 aliphatic carbocycles. The third kappa shape index (κ3) is 3.71. The van der Waals surface area contributed by atoms with Gasteiger partial charge in [-0.15, -0.1) is 0 Å². The largest absolute Gasteiger partial charge is 0.491 e. The molecule has 1 aliphatic heterocycles. The van der Waals surface area contributed by atoms with E-state index in [1.165, 1.54) is 0 Å². The SMILES string of the molecule is COC1(COc2ccccc2)CCN(C(=O)Cc2cnc[nH]2)C1. The fraction of sp³-hybridized carbons (Fsp3) is 0.412. The summed E-state index contributed by atoms with van der Waals surface area (Å²) in [7, 11) is 1.68. The zero-order valence-corrected chi connectivity index (χ0v) is 13.2. The predicted octanol–water partition coefficient (Wildman–Crippen LogP) is 1.65. The molecule has 1 unspecified atom stereocenters. The Hall–Kier alpha value is -2.34. The van der Waals surface area contributed by atoms with Crippen molar-refractivity contribution in [1.29, 1.82) is 0 Å². The number of aromatic amines is 1. The second-order valence-corrected chi connectivity index (χ2v) is 5.81. The van der Waals surface area contributed by atoms with E-state index in [0.717, 1.165) is 17.9 Å². The van der Waals surface area contributed by atoms with E-state index in [2.05, 4.69) is 9.97 Å². The summed E-state index contributed by atoms with van der Waals surface area (Å²) in [5, 5.41) is 0. The molecule has 1 amide bonds. The highest BCUT2D eigenvalue weighted by atomic mass is 16.5. The van der Waals surface area contributed by atoms with Gasteiger partial charge in [0.25, 0.3) is 0 Å². The first kappa shape index (κ1) is 15.6. The van der Waals surface area contributed by atoms with Crippen LogP contribution in [0.1, 0.15) is 12.1 Å². The fourth-order valence-corrected chi connectivity index (χ4v) is 2.79. The lowest BCUT2D eigenvalue weighted by molar-refractivity contribution is -0.131. The van der Waals surface area contributed by atoms with Crippen LogP contribution in [0.2, 0.25) is 0 Å². The van der Waals surface area contributed by atoms with Crippen LogP contribution in [-0.4, -0.2) is 53.2 Å². The molecule has 1 atom stereocenters. The van der Waals surface area contributed by atoms with Crippen molar-refractivity contribution in [2.75, 3.05) is 26.8 Å². The minimum atomic E-state index is -0.445. The number of benzene rings is 1. The predicted molar refractivity (Wildman–Crippen MR) is 85.2 cm³/mol. The van der Waals surface area contributed by atoms with Crippen LogP contribution in [0.25, 0.3) is 0 Å². The third-order valence-electron chi connectivity index (χ3n) is 4.24. The van der Waals surface area contributed by atoms with E-state index in [0.29, 0.717) is 26.1 Å². The first-order valence-corrected chi connectivity index (χ1v) is 7.69. The topological polar surface area (TPSA) is 67.5 Å². The standard InChI is InChI=1S/C17H21N3O3/c1-22-17(12-23-15-5-3-2-4-6-15)7-8-20(11-17)16(21)9-14-10-18-13-19-14/h2-6,10,13H,7-9,11-12H2,1H3,(H,18,19). The average Bonchev–Trinajstić information content (AvgIpc) is 3.24. The summed E-state index contributed by atoms with van der Waals surface area (Å²) in [5.74, 6) is 0.888. The number of hydrogen-bond donors (Lipinski definition) is 1. The molecular formula is C17H21N3O3. The molecule has 0 bridgehead atoms. The van der Waals surface area contributed by atoms with Gasteiger partial charge in [-0.05, 0) is 18.6 Å². The van der Waals surface area contributed by atoms with Crippen LogP contribution in [0.5, 0.6) is 5.75 Å². The minimum Gasteiger partial charge on any atom is -0.491 e. The van der Waals surface area contributed by atoms with Gasteiger partial charge >= 0.3 is 0 Å². The normalized spacial score (nSPS) is 20.7. The van der Waals surface area contributed by atoms with E-state index in [9.17, 15) is 4.79 Å². The number of nitrogens with one attached hydrogen (secondary N) is 1. The lowest BCUT2D eigenvalue weighted by Crippen LogP contribution is -2.42. The van der Waals surface area contributed by atoms with Gasteiger partial charge < -0.3 is 19.4 Å². The number of likely N-dealkylation sites (tertiary alicyclic amines) is 1. The van der Waals surface area contributed by atoms with Crippen LogP contribution in [0, 0.1) is 0 Å².